The number of thiophene rings is 1. The number of piperidine rings is 1. The highest BCUT2D eigenvalue weighted by Crippen LogP contribution is 2.50. The summed E-state index contributed by atoms with van der Waals surface area (Å²) in [6.45, 7) is 5.13. The van der Waals surface area contributed by atoms with Crippen molar-refractivity contribution in [2.45, 2.75) is 33.1 Å². The highest BCUT2D eigenvalue weighted by atomic mass is 32.1. The smallest absolute Gasteiger partial charge is 0.331 e. The molecule has 2 aromatic heterocycles. The molecule has 0 spiro atoms. The van der Waals surface area contributed by atoms with E-state index in [0.29, 0.717) is 50.9 Å². The van der Waals surface area contributed by atoms with E-state index in [9.17, 15) is 14.4 Å². The Morgan fingerprint density at radius 1 is 1.07 bits per heavy atom. The van der Waals surface area contributed by atoms with Crippen molar-refractivity contribution in [2.24, 2.45) is 5.92 Å². The second kappa shape index (κ2) is 10.7. The fraction of sp³-hybridized carbons (Fsp3) is 0.267. The zero-order valence-corrected chi connectivity index (χ0v) is 23.1. The van der Waals surface area contributed by atoms with Gasteiger partial charge in [0, 0.05) is 18.5 Å². The highest BCUT2D eigenvalue weighted by Gasteiger charge is 2.38. The summed E-state index contributed by atoms with van der Waals surface area (Å²) < 4.78 is 5.98. The summed E-state index contributed by atoms with van der Waals surface area (Å²) in [5.41, 5.74) is 2.63. The van der Waals surface area contributed by atoms with Crippen LogP contribution in [-0.4, -0.2) is 35.9 Å². The minimum Gasteiger partial charge on any atom is -0.457 e. The number of anilines is 4. The summed E-state index contributed by atoms with van der Waals surface area (Å²) in [7, 11) is 0. The van der Waals surface area contributed by atoms with E-state index in [4.69, 9.17) is 4.74 Å². The Hall–Kier alpha value is -4.28. The lowest BCUT2D eigenvalue weighted by atomic mass is 9.96. The molecule has 1 saturated heterocycles. The van der Waals surface area contributed by atoms with E-state index < -0.39 is 0 Å². The van der Waals surface area contributed by atoms with Gasteiger partial charge in [0.1, 0.15) is 21.3 Å². The molecule has 2 N–H and O–H groups in total. The van der Waals surface area contributed by atoms with Crippen molar-refractivity contribution in [3.63, 3.8) is 0 Å². The number of pyridine rings is 1. The Bertz CT molecular complexity index is 1610. The third kappa shape index (κ3) is 4.59. The van der Waals surface area contributed by atoms with E-state index in [0.717, 1.165) is 24.4 Å². The third-order valence-corrected chi connectivity index (χ3v) is 8.36. The first kappa shape index (κ1) is 26.0. The number of urea groups is 1. The Balaban J connectivity index is 1.40. The molecule has 0 saturated carbocycles. The molecule has 0 atom stereocenters. The van der Waals surface area contributed by atoms with Gasteiger partial charge in [-0.05, 0) is 74.8 Å². The third-order valence-electron chi connectivity index (χ3n) is 7.28. The lowest BCUT2D eigenvalue weighted by Gasteiger charge is -2.31. The molecule has 9 nitrogen and oxygen atoms in total. The Morgan fingerprint density at radius 3 is 2.58 bits per heavy atom. The summed E-state index contributed by atoms with van der Waals surface area (Å²) in [5.74, 6) is 0.612. The Kier molecular flexibility index (Phi) is 6.95. The molecule has 6 rings (SSSR count). The van der Waals surface area contributed by atoms with Crippen molar-refractivity contribution in [3.05, 3.63) is 66.4 Å². The number of ether oxygens (including phenoxy) is 1. The molecule has 2 aromatic carbocycles. The van der Waals surface area contributed by atoms with Gasteiger partial charge in [-0.25, -0.2) is 14.7 Å². The van der Waals surface area contributed by atoms with Crippen LogP contribution in [0.4, 0.5) is 26.9 Å². The standard InChI is InChI=1S/C30H29N5O4S/c1-3-24(36)35(28(37)19-11-14-31-15-12-19)29-26-25-23(13-16-32-27(25)40-29)34(30(38)33-26)22-10-9-21(17-18(22)2)39-20-7-5-4-6-8-20/h4-10,13,16-17,19,31H,3,11-12,14-15H2,1-2H3,(H,33,38). The van der Waals surface area contributed by atoms with Crippen LogP contribution in [0, 0.1) is 12.8 Å². The van der Waals surface area contributed by atoms with Crippen LogP contribution in [0.1, 0.15) is 31.7 Å². The van der Waals surface area contributed by atoms with E-state index in [1.165, 1.54) is 16.2 Å². The number of aromatic nitrogens is 1. The molecule has 1 fully saturated rings. The number of para-hydroxylation sites is 1. The minimum atomic E-state index is -0.377. The first-order valence-electron chi connectivity index (χ1n) is 13.4. The number of aryl methyl sites for hydroxylation is 1. The molecule has 204 valence electrons. The number of amides is 4. The number of hydrogen-bond donors (Lipinski definition) is 2. The number of nitrogens with one attached hydrogen (secondary N) is 2. The number of nitrogens with zero attached hydrogens (tertiary/aromatic N) is 3. The van der Waals surface area contributed by atoms with Gasteiger partial charge in [0.05, 0.1) is 22.4 Å². The van der Waals surface area contributed by atoms with Gasteiger partial charge in [-0.1, -0.05) is 36.5 Å². The quantitative estimate of drug-likeness (QED) is 0.287. The molecule has 0 unspecified atom stereocenters. The molecular weight excluding hydrogens is 526 g/mol. The van der Waals surface area contributed by atoms with E-state index >= 15 is 0 Å². The molecule has 40 heavy (non-hydrogen) atoms. The molecule has 0 bridgehead atoms. The molecule has 4 aromatic rings. The van der Waals surface area contributed by atoms with Crippen molar-refractivity contribution in [1.82, 2.24) is 10.3 Å². The zero-order chi connectivity index (χ0) is 27.8. The number of rotatable bonds is 6. The highest BCUT2D eigenvalue weighted by molar-refractivity contribution is 7.23. The zero-order valence-electron chi connectivity index (χ0n) is 22.3. The fourth-order valence-electron chi connectivity index (χ4n) is 5.28. The average molecular weight is 556 g/mol. The van der Waals surface area contributed by atoms with Gasteiger partial charge in [-0.3, -0.25) is 14.5 Å². The van der Waals surface area contributed by atoms with E-state index in [2.05, 4.69) is 15.6 Å². The van der Waals surface area contributed by atoms with Crippen molar-refractivity contribution in [1.29, 1.82) is 0 Å². The molecule has 10 heteroatoms. The molecule has 0 aliphatic carbocycles. The molecular formula is C30H29N5O4S. The largest absolute Gasteiger partial charge is 0.457 e. The maximum Gasteiger partial charge on any atom is 0.331 e. The molecule has 2 aliphatic heterocycles. The van der Waals surface area contributed by atoms with Crippen LogP contribution < -0.4 is 25.2 Å². The predicted octanol–water partition coefficient (Wildman–Crippen LogP) is 6.35. The number of carbonyl (C=O) groups excluding carboxylic acids is 3. The summed E-state index contributed by atoms with van der Waals surface area (Å²) in [4.78, 5) is 48.6. The lowest BCUT2D eigenvalue weighted by Crippen LogP contribution is -2.44. The molecule has 4 heterocycles. The van der Waals surface area contributed by atoms with Crippen molar-refractivity contribution in [3.8, 4) is 11.5 Å². The maximum absolute atomic E-state index is 13.7. The maximum atomic E-state index is 13.7. The van der Waals surface area contributed by atoms with E-state index in [1.54, 1.807) is 24.1 Å². The lowest BCUT2D eigenvalue weighted by molar-refractivity contribution is -0.129. The topological polar surface area (TPSA) is 104 Å². The summed E-state index contributed by atoms with van der Waals surface area (Å²) >= 11 is 1.25. The number of hydrogen-bond acceptors (Lipinski definition) is 7. The normalized spacial score (nSPS) is 15.2. The van der Waals surface area contributed by atoms with Crippen molar-refractivity contribution >= 4 is 61.5 Å². The van der Waals surface area contributed by atoms with Gasteiger partial charge in [0.25, 0.3) is 0 Å². The summed E-state index contributed by atoms with van der Waals surface area (Å²) in [6.07, 6.45) is 3.15. The fourth-order valence-corrected chi connectivity index (χ4v) is 6.42. The monoisotopic (exact) mass is 555 g/mol. The van der Waals surface area contributed by atoms with Crippen LogP contribution in [0.2, 0.25) is 0 Å². The first-order valence-corrected chi connectivity index (χ1v) is 14.2. The van der Waals surface area contributed by atoms with E-state index in [-0.39, 0.29) is 30.2 Å². The van der Waals surface area contributed by atoms with Crippen LogP contribution in [0.5, 0.6) is 11.5 Å². The van der Waals surface area contributed by atoms with Gasteiger partial charge in [0.2, 0.25) is 11.8 Å². The summed E-state index contributed by atoms with van der Waals surface area (Å²) in [5, 5.41) is 7.38. The van der Waals surface area contributed by atoms with E-state index in [1.807, 2.05) is 55.5 Å². The van der Waals surface area contributed by atoms with Crippen molar-refractivity contribution in [2.75, 3.05) is 28.2 Å². The number of benzene rings is 2. The second-order valence-electron chi connectivity index (χ2n) is 9.87. The summed E-state index contributed by atoms with van der Waals surface area (Å²) in [6, 6.07) is 16.5. The number of imide groups is 1. The van der Waals surface area contributed by atoms with Gasteiger partial charge in [-0.15, -0.1) is 0 Å². The van der Waals surface area contributed by atoms with Gasteiger partial charge in [-0.2, -0.15) is 0 Å². The average Bonchev–Trinajstić information content (AvgIpc) is 3.33. The Labute approximate surface area is 235 Å². The molecule has 0 radical (unpaired) electrons. The Morgan fingerprint density at radius 2 is 1.85 bits per heavy atom. The SMILES string of the molecule is CCC(=O)N(C(=O)C1CCNCC1)c1sc2nccc3c2c1NC(=O)N3c1ccc(Oc2ccccc2)cc1C. The van der Waals surface area contributed by atoms with Crippen LogP contribution in [0.25, 0.3) is 10.2 Å². The van der Waals surface area contributed by atoms with Crippen LogP contribution in [-0.2, 0) is 9.59 Å². The van der Waals surface area contributed by atoms with Gasteiger partial charge < -0.3 is 15.4 Å². The second-order valence-corrected chi connectivity index (χ2v) is 10.8. The number of carbonyl (C=O) groups is 3. The molecule has 4 amide bonds. The van der Waals surface area contributed by atoms with Gasteiger partial charge in [0.15, 0.2) is 0 Å². The molecule has 2 aliphatic rings. The van der Waals surface area contributed by atoms with Gasteiger partial charge >= 0.3 is 6.03 Å². The van der Waals surface area contributed by atoms with Crippen LogP contribution in [0.15, 0.2) is 60.8 Å². The van der Waals surface area contributed by atoms with Crippen molar-refractivity contribution < 1.29 is 19.1 Å². The van der Waals surface area contributed by atoms with Crippen LogP contribution >= 0.6 is 11.3 Å². The first-order chi connectivity index (χ1) is 19.5. The predicted molar refractivity (Wildman–Crippen MR) is 157 cm³/mol. The minimum absolute atomic E-state index is 0.168. The van der Waals surface area contributed by atoms with Crippen LogP contribution in [0.3, 0.4) is 0 Å².